The Labute approximate surface area is 169 Å². The van der Waals surface area contributed by atoms with Crippen LogP contribution in [0.5, 0.6) is 5.75 Å². The Morgan fingerprint density at radius 1 is 1.07 bits per heavy atom. The predicted octanol–water partition coefficient (Wildman–Crippen LogP) is 2.64. The minimum atomic E-state index is -0.299. The lowest BCUT2D eigenvalue weighted by Gasteiger charge is -2.16. The normalized spacial score (nSPS) is 13.3. The number of hydrogen-bond acceptors (Lipinski definition) is 5. The van der Waals surface area contributed by atoms with E-state index in [1.54, 1.807) is 14.2 Å². The van der Waals surface area contributed by atoms with Crippen LogP contribution in [0.2, 0.25) is 0 Å². The first-order valence-electron chi connectivity index (χ1n) is 10.2. The third-order valence-corrected chi connectivity index (χ3v) is 5.62. The van der Waals surface area contributed by atoms with E-state index in [1.165, 1.54) is 9.13 Å². The van der Waals surface area contributed by atoms with Gasteiger partial charge in [0.2, 0.25) is 5.95 Å². The highest BCUT2D eigenvalue weighted by Gasteiger charge is 2.28. The summed E-state index contributed by atoms with van der Waals surface area (Å²) in [7, 11) is 3.32. The van der Waals surface area contributed by atoms with E-state index >= 15 is 0 Å². The first kappa shape index (κ1) is 19.3. The number of methoxy groups -OCH3 is 1. The number of hydrogen-bond donors (Lipinski definition) is 0. The van der Waals surface area contributed by atoms with Crippen LogP contribution in [0.1, 0.15) is 32.6 Å². The summed E-state index contributed by atoms with van der Waals surface area (Å²) in [6.07, 6.45) is 4.06. The van der Waals surface area contributed by atoms with Gasteiger partial charge in [-0.2, -0.15) is 4.98 Å². The van der Waals surface area contributed by atoms with Gasteiger partial charge in [-0.15, -0.1) is 0 Å². The molecule has 1 aliphatic rings. The number of nitrogens with zero attached hydrogens (tertiary/aromatic N) is 5. The molecule has 29 heavy (non-hydrogen) atoms. The molecule has 8 heteroatoms. The van der Waals surface area contributed by atoms with Crippen molar-refractivity contribution in [3.8, 4) is 5.75 Å². The van der Waals surface area contributed by atoms with Gasteiger partial charge in [0.1, 0.15) is 5.75 Å². The van der Waals surface area contributed by atoms with Crippen LogP contribution in [-0.2, 0) is 20.1 Å². The molecule has 0 aliphatic carbocycles. The fraction of sp³-hybridized carbons (Fsp3) is 0.476. The summed E-state index contributed by atoms with van der Waals surface area (Å²) in [6.45, 7) is 3.97. The van der Waals surface area contributed by atoms with Crippen molar-refractivity contribution >= 4 is 22.8 Å². The van der Waals surface area contributed by atoms with Crippen LogP contribution in [-0.4, -0.2) is 32.3 Å². The summed E-state index contributed by atoms with van der Waals surface area (Å²) in [6, 6.07) is 7.75. The van der Waals surface area contributed by atoms with Crippen LogP contribution < -0.4 is 20.9 Å². The van der Waals surface area contributed by atoms with Gasteiger partial charge in [-0.3, -0.25) is 13.9 Å². The molecule has 0 amide bonds. The predicted molar refractivity (Wildman–Crippen MR) is 113 cm³/mol. The highest BCUT2D eigenvalue weighted by Crippen LogP contribution is 2.32. The zero-order valence-electron chi connectivity index (χ0n) is 17.2. The molecule has 0 unspecified atom stereocenters. The number of aromatic nitrogens is 4. The number of aryl methyl sites for hydroxylation is 1. The quantitative estimate of drug-likeness (QED) is 0.573. The number of imidazole rings is 1. The van der Waals surface area contributed by atoms with Crippen LogP contribution >= 0.6 is 0 Å². The van der Waals surface area contributed by atoms with Crippen LogP contribution in [0, 0.1) is 0 Å². The number of rotatable bonds is 7. The minimum absolute atomic E-state index is 0.241. The van der Waals surface area contributed by atoms with Crippen molar-refractivity contribution in [2.24, 2.45) is 7.05 Å². The molecule has 154 valence electrons. The lowest BCUT2D eigenvalue weighted by Crippen LogP contribution is -2.39. The van der Waals surface area contributed by atoms with Crippen LogP contribution in [0.4, 0.5) is 11.6 Å². The highest BCUT2D eigenvalue weighted by atomic mass is 16.5. The summed E-state index contributed by atoms with van der Waals surface area (Å²) >= 11 is 0. The van der Waals surface area contributed by atoms with Crippen molar-refractivity contribution in [1.82, 2.24) is 18.7 Å². The molecule has 0 bridgehead atoms. The van der Waals surface area contributed by atoms with Gasteiger partial charge in [-0.05, 0) is 30.7 Å². The number of ether oxygens (including phenoxy) is 1. The van der Waals surface area contributed by atoms with E-state index in [2.05, 4.69) is 16.8 Å². The summed E-state index contributed by atoms with van der Waals surface area (Å²) in [5.74, 6) is 1.48. The molecule has 0 saturated carbocycles. The van der Waals surface area contributed by atoms with Crippen molar-refractivity contribution in [2.75, 3.05) is 18.6 Å². The molecule has 1 aliphatic heterocycles. The zero-order valence-corrected chi connectivity index (χ0v) is 17.2. The molecule has 0 radical (unpaired) electrons. The molecule has 3 heterocycles. The number of fused-ring (bicyclic) bond motifs is 3. The number of unbranched alkanes of at least 4 members (excludes halogenated alkanes) is 3. The molecule has 0 saturated heterocycles. The molecule has 2 aromatic heterocycles. The number of benzene rings is 1. The van der Waals surface area contributed by atoms with Crippen molar-refractivity contribution in [2.45, 2.75) is 45.7 Å². The smallest absolute Gasteiger partial charge is 0.332 e. The average molecular weight is 397 g/mol. The zero-order chi connectivity index (χ0) is 20.5. The molecular weight excluding hydrogens is 370 g/mol. The van der Waals surface area contributed by atoms with E-state index in [0.717, 1.165) is 43.7 Å². The van der Waals surface area contributed by atoms with Crippen molar-refractivity contribution in [1.29, 1.82) is 0 Å². The van der Waals surface area contributed by atoms with E-state index in [-0.39, 0.29) is 11.2 Å². The van der Waals surface area contributed by atoms with Crippen molar-refractivity contribution in [3.05, 3.63) is 45.1 Å². The molecular formula is C21H27N5O3. The number of anilines is 2. The molecule has 1 aromatic carbocycles. The fourth-order valence-corrected chi connectivity index (χ4v) is 3.98. The maximum absolute atomic E-state index is 13.2. The van der Waals surface area contributed by atoms with E-state index in [4.69, 9.17) is 4.74 Å². The Morgan fingerprint density at radius 2 is 1.83 bits per heavy atom. The van der Waals surface area contributed by atoms with Crippen molar-refractivity contribution in [3.63, 3.8) is 0 Å². The average Bonchev–Trinajstić information content (AvgIpc) is 3.31. The maximum Gasteiger partial charge on any atom is 0.332 e. The van der Waals surface area contributed by atoms with Gasteiger partial charge in [0.05, 0.1) is 7.11 Å². The van der Waals surface area contributed by atoms with E-state index < -0.39 is 0 Å². The first-order valence-corrected chi connectivity index (χ1v) is 10.2. The lowest BCUT2D eigenvalue weighted by molar-refractivity contribution is 0.415. The van der Waals surface area contributed by atoms with Crippen LogP contribution in [0.15, 0.2) is 33.9 Å². The second kappa shape index (κ2) is 7.77. The third-order valence-electron chi connectivity index (χ3n) is 5.62. The molecule has 3 aromatic rings. The Balaban J connectivity index is 1.77. The molecule has 0 N–H and O–H groups in total. The summed E-state index contributed by atoms with van der Waals surface area (Å²) in [5.41, 5.74) is 1.39. The molecule has 8 nitrogen and oxygen atoms in total. The van der Waals surface area contributed by atoms with Crippen LogP contribution in [0.3, 0.4) is 0 Å². The van der Waals surface area contributed by atoms with Crippen molar-refractivity contribution < 1.29 is 4.74 Å². The second-order valence-electron chi connectivity index (χ2n) is 7.44. The third kappa shape index (κ3) is 3.22. The fourth-order valence-electron chi connectivity index (χ4n) is 3.98. The van der Waals surface area contributed by atoms with E-state index in [0.29, 0.717) is 30.2 Å². The largest absolute Gasteiger partial charge is 0.497 e. The second-order valence-corrected chi connectivity index (χ2v) is 7.44. The maximum atomic E-state index is 13.2. The Bertz CT molecular complexity index is 1140. The van der Waals surface area contributed by atoms with Gasteiger partial charge in [0, 0.05) is 32.4 Å². The van der Waals surface area contributed by atoms with E-state index in [9.17, 15) is 9.59 Å². The standard InChI is InChI=1S/C21H27N5O3/c1-4-5-6-7-12-26-19(27)17-18(23(2)21(26)28)22-20-24(13-14-25(17)20)15-8-10-16(29-3)11-9-15/h8-11H,4-7,12-14H2,1-3H3. The SMILES string of the molecule is CCCCCCn1c(=O)c2c(nc3n2CCN3c2ccc(OC)cc2)n(C)c1=O. The molecule has 0 spiro atoms. The summed E-state index contributed by atoms with van der Waals surface area (Å²) < 4.78 is 10.0. The summed E-state index contributed by atoms with van der Waals surface area (Å²) in [4.78, 5) is 32.7. The topological polar surface area (TPSA) is 74.3 Å². The first-order chi connectivity index (χ1) is 14.1. The van der Waals surface area contributed by atoms with Gasteiger partial charge >= 0.3 is 5.69 Å². The Kier molecular flexibility index (Phi) is 5.17. The van der Waals surface area contributed by atoms with Gasteiger partial charge in [0.15, 0.2) is 11.2 Å². The van der Waals surface area contributed by atoms with Gasteiger partial charge in [0.25, 0.3) is 5.56 Å². The minimum Gasteiger partial charge on any atom is -0.497 e. The summed E-state index contributed by atoms with van der Waals surface area (Å²) in [5, 5.41) is 0. The highest BCUT2D eigenvalue weighted by molar-refractivity contribution is 5.77. The molecule has 0 atom stereocenters. The molecule has 4 rings (SSSR count). The molecule has 0 fully saturated rings. The van der Waals surface area contributed by atoms with E-state index in [1.807, 2.05) is 28.8 Å². The Hall–Kier alpha value is -3.03. The van der Waals surface area contributed by atoms with Gasteiger partial charge in [-0.1, -0.05) is 26.2 Å². The lowest BCUT2D eigenvalue weighted by atomic mass is 10.2. The Morgan fingerprint density at radius 3 is 2.52 bits per heavy atom. The monoisotopic (exact) mass is 397 g/mol. The van der Waals surface area contributed by atoms with Gasteiger partial charge in [-0.25, -0.2) is 4.79 Å². The van der Waals surface area contributed by atoms with Crippen LogP contribution in [0.25, 0.3) is 11.2 Å². The van der Waals surface area contributed by atoms with Gasteiger partial charge < -0.3 is 14.2 Å².